The fraction of sp³-hybridized carbons (Fsp3) is 0.889. The van der Waals surface area contributed by atoms with Crippen LogP contribution in [-0.2, 0) is 14.3 Å². The summed E-state index contributed by atoms with van der Waals surface area (Å²) in [5, 5.41) is 2.94. The minimum atomic E-state index is 0.0642. The second kappa shape index (κ2) is 4.07. The van der Waals surface area contributed by atoms with Crippen LogP contribution in [0.4, 0.5) is 0 Å². The molecule has 2 rings (SSSR count). The average Bonchev–Trinajstić information content (AvgIpc) is 2.12. The minimum absolute atomic E-state index is 0.0642. The summed E-state index contributed by atoms with van der Waals surface area (Å²) in [6.45, 7) is 2.72. The van der Waals surface area contributed by atoms with Gasteiger partial charge in [-0.25, -0.2) is 0 Å². The molecule has 0 aromatic rings. The van der Waals surface area contributed by atoms with Gasteiger partial charge >= 0.3 is 0 Å². The van der Waals surface area contributed by atoms with Crippen molar-refractivity contribution in [1.29, 1.82) is 0 Å². The molecular formula is C9H15NO3. The van der Waals surface area contributed by atoms with Gasteiger partial charge in [-0.05, 0) is 12.8 Å². The van der Waals surface area contributed by atoms with Crippen molar-refractivity contribution in [2.75, 3.05) is 26.4 Å². The Kier molecular flexibility index (Phi) is 2.80. The number of amides is 1. The van der Waals surface area contributed by atoms with Crippen molar-refractivity contribution in [2.45, 2.75) is 18.9 Å². The second-order valence-electron chi connectivity index (χ2n) is 3.66. The first kappa shape index (κ1) is 8.97. The maximum atomic E-state index is 11.6. The Hall–Kier alpha value is -0.610. The molecular weight excluding hydrogens is 170 g/mol. The molecule has 2 fully saturated rings. The molecule has 0 saturated carbocycles. The van der Waals surface area contributed by atoms with Crippen molar-refractivity contribution < 1.29 is 14.3 Å². The first-order valence-corrected chi connectivity index (χ1v) is 4.82. The van der Waals surface area contributed by atoms with E-state index >= 15 is 0 Å². The van der Waals surface area contributed by atoms with Crippen LogP contribution in [0, 0.1) is 5.92 Å². The van der Waals surface area contributed by atoms with Gasteiger partial charge in [0, 0.05) is 6.61 Å². The molecule has 4 heteroatoms. The third-order valence-corrected chi connectivity index (χ3v) is 2.52. The van der Waals surface area contributed by atoms with Gasteiger partial charge in [-0.3, -0.25) is 4.79 Å². The van der Waals surface area contributed by atoms with Gasteiger partial charge in [0.05, 0.1) is 31.8 Å². The Balaban J connectivity index is 1.74. The van der Waals surface area contributed by atoms with Crippen molar-refractivity contribution in [1.82, 2.24) is 5.32 Å². The molecule has 74 valence electrons. The Morgan fingerprint density at radius 2 is 2.08 bits per heavy atom. The predicted octanol–water partition coefficient (Wildman–Crippen LogP) is -0.0720. The third-order valence-electron chi connectivity index (χ3n) is 2.52. The quantitative estimate of drug-likeness (QED) is 0.655. The fourth-order valence-corrected chi connectivity index (χ4v) is 1.59. The molecule has 2 heterocycles. The molecule has 1 N–H and O–H groups in total. The van der Waals surface area contributed by atoms with Crippen LogP contribution in [0.3, 0.4) is 0 Å². The van der Waals surface area contributed by atoms with Gasteiger partial charge in [0.1, 0.15) is 0 Å². The van der Waals surface area contributed by atoms with Gasteiger partial charge < -0.3 is 14.8 Å². The van der Waals surface area contributed by atoms with Crippen LogP contribution >= 0.6 is 0 Å². The lowest BCUT2D eigenvalue weighted by Gasteiger charge is -2.29. The Labute approximate surface area is 77.6 Å². The van der Waals surface area contributed by atoms with Crippen molar-refractivity contribution >= 4 is 5.91 Å². The zero-order valence-corrected chi connectivity index (χ0v) is 7.62. The van der Waals surface area contributed by atoms with Crippen LogP contribution < -0.4 is 5.32 Å². The highest BCUT2D eigenvalue weighted by atomic mass is 16.5. The second-order valence-corrected chi connectivity index (χ2v) is 3.66. The van der Waals surface area contributed by atoms with Crippen LogP contribution in [0.15, 0.2) is 0 Å². The fourth-order valence-electron chi connectivity index (χ4n) is 1.59. The van der Waals surface area contributed by atoms with Gasteiger partial charge in [0.25, 0.3) is 0 Å². The molecule has 1 atom stereocenters. The summed E-state index contributed by atoms with van der Waals surface area (Å²) in [5.41, 5.74) is 0. The summed E-state index contributed by atoms with van der Waals surface area (Å²) in [6.07, 6.45) is 1.96. The largest absolute Gasteiger partial charge is 0.381 e. The van der Waals surface area contributed by atoms with E-state index in [9.17, 15) is 4.79 Å². The monoisotopic (exact) mass is 185 g/mol. The third kappa shape index (κ3) is 2.19. The van der Waals surface area contributed by atoms with Gasteiger partial charge in [-0.15, -0.1) is 0 Å². The highest BCUT2D eigenvalue weighted by molar-refractivity contribution is 5.79. The molecule has 2 saturated heterocycles. The van der Waals surface area contributed by atoms with Crippen LogP contribution in [0.1, 0.15) is 12.8 Å². The molecule has 0 aromatic heterocycles. The van der Waals surface area contributed by atoms with E-state index in [2.05, 4.69) is 5.32 Å². The zero-order valence-electron chi connectivity index (χ0n) is 7.62. The normalized spacial score (nSPS) is 29.4. The average molecular weight is 185 g/mol. The van der Waals surface area contributed by atoms with E-state index in [1.165, 1.54) is 0 Å². The van der Waals surface area contributed by atoms with Crippen LogP contribution in [-0.4, -0.2) is 38.4 Å². The number of ether oxygens (including phenoxy) is 2. The van der Waals surface area contributed by atoms with E-state index in [1.54, 1.807) is 0 Å². The molecule has 2 aliphatic heterocycles. The number of nitrogens with one attached hydrogen (secondary N) is 1. The SMILES string of the molecule is O=C(NC1COC1)C1CCCOC1. The number of carbonyl (C=O) groups is 1. The van der Waals surface area contributed by atoms with E-state index in [-0.39, 0.29) is 17.9 Å². The number of hydrogen-bond donors (Lipinski definition) is 1. The van der Waals surface area contributed by atoms with Gasteiger partial charge in [-0.2, -0.15) is 0 Å². The predicted molar refractivity (Wildman–Crippen MR) is 46.3 cm³/mol. The topological polar surface area (TPSA) is 47.6 Å². The van der Waals surface area contributed by atoms with E-state index < -0.39 is 0 Å². The molecule has 0 aromatic carbocycles. The maximum Gasteiger partial charge on any atom is 0.225 e. The molecule has 1 amide bonds. The highest BCUT2D eigenvalue weighted by Crippen LogP contribution is 2.14. The van der Waals surface area contributed by atoms with Crippen LogP contribution in [0.25, 0.3) is 0 Å². The smallest absolute Gasteiger partial charge is 0.225 e. The van der Waals surface area contributed by atoms with E-state index in [0.717, 1.165) is 19.4 Å². The Morgan fingerprint density at radius 1 is 1.23 bits per heavy atom. The molecule has 0 bridgehead atoms. The number of hydrogen-bond acceptors (Lipinski definition) is 3. The summed E-state index contributed by atoms with van der Waals surface area (Å²) in [7, 11) is 0. The molecule has 0 spiro atoms. The lowest BCUT2D eigenvalue weighted by atomic mass is 10.0. The van der Waals surface area contributed by atoms with Crippen molar-refractivity contribution in [2.24, 2.45) is 5.92 Å². The molecule has 1 unspecified atom stereocenters. The first-order valence-electron chi connectivity index (χ1n) is 4.82. The van der Waals surface area contributed by atoms with Gasteiger partial charge in [-0.1, -0.05) is 0 Å². The zero-order chi connectivity index (χ0) is 9.10. The first-order chi connectivity index (χ1) is 6.36. The van der Waals surface area contributed by atoms with E-state index in [4.69, 9.17) is 9.47 Å². The Bertz CT molecular complexity index is 185. The summed E-state index contributed by atoms with van der Waals surface area (Å²) in [5.74, 6) is 0.197. The Morgan fingerprint density at radius 3 is 2.62 bits per heavy atom. The van der Waals surface area contributed by atoms with Crippen molar-refractivity contribution in [3.8, 4) is 0 Å². The summed E-state index contributed by atoms with van der Waals surface area (Å²) < 4.78 is 10.2. The molecule has 2 aliphatic rings. The maximum absolute atomic E-state index is 11.6. The standard InChI is InChI=1S/C9H15NO3/c11-9(10-8-5-13-6-8)7-2-1-3-12-4-7/h7-8H,1-6H2,(H,10,11). The molecule has 4 nitrogen and oxygen atoms in total. The van der Waals surface area contributed by atoms with Crippen LogP contribution in [0.5, 0.6) is 0 Å². The summed E-state index contributed by atoms with van der Waals surface area (Å²) >= 11 is 0. The van der Waals surface area contributed by atoms with E-state index in [1.807, 2.05) is 0 Å². The molecule has 0 aliphatic carbocycles. The number of rotatable bonds is 2. The van der Waals surface area contributed by atoms with Crippen LogP contribution in [0.2, 0.25) is 0 Å². The van der Waals surface area contributed by atoms with E-state index in [0.29, 0.717) is 19.8 Å². The van der Waals surface area contributed by atoms with Gasteiger partial charge in [0.15, 0.2) is 0 Å². The lowest BCUT2D eigenvalue weighted by molar-refractivity contribution is -0.133. The summed E-state index contributed by atoms with van der Waals surface area (Å²) in [6, 6.07) is 0.245. The highest BCUT2D eigenvalue weighted by Gasteiger charge is 2.26. The summed E-state index contributed by atoms with van der Waals surface area (Å²) in [4.78, 5) is 11.6. The van der Waals surface area contributed by atoms with Crippen molar-refractivity contribution in [3.63, 3.8) is 0 Å². The minimum Gasteiger partial charge on any atom is -0.381 e. The van der Waals surface area contributed by atoms with Crippen molar-refractivity contribution in [3.05, 3.63) is 0 Å². The molecule has 13 heavy (non-hydrogen) atoms. The molecule has 0 radical (unpaired) electrons. The number of carbonyl (C=O) groups excluding carboxylic acids is 1. The van der Waals surface area contributed by atoms with Gasteiger partial charge in [0.2, 0.25) is 5.91 Å². The lowest BCUT2D eigenvalue weighted by Crippen LogP contribution is -2.51.